The minimum absolute atomic E-state index is 0.0628. The smallest absolute Gasteiger partial charge is 0.393 e. The summed E-state index contributed by atoms with van der Waals surface area (Å²) in [6.07, 6.45) is 41.4. The summed E-state index contributed by atoms with van der Waals surface area (Å²) in [6, 6.07) is -0.891. The van der Waals surface area contributed by atoms with E-state index in [1.54, 1.807) is 0 Å². The Morgan fingerprint density at radius 3 is 1.22 bits per heavy atom. The van der Waals surface area contributed by atoms with Crippen molar-refractivity contribution in [1.82, 2.24) is 5.32 Å². The minimum atomic E-state index is -4.37. The van der Waals surface area contributed by atoms with E-state index in [9.17, 15) is 24.5 Å². The van der Waals surface area contributed by atoms with Gasteiger partial charge in [0.1, 0.15) is 0 Å². The maximum absolute atomic E-state index is 12.9. The van der Waals surface area contributed by atoms with Gasteiger partial charge in [0.25, 0.3) is 0 Å². The number of aliphatic hydroxyl groups is 2. The van der Waals surface area contributed by atoms with Crippen LogP contribution < -0.4 is 11.1 Å². The van der Waals surface area contributed by atoms with E-state index in [1.165, 1.54) is 173 Å². The number of rotatable bonds is 45. The highest BCUT2D eigenvalue weighted by Crippen LogP contribution is 2.43. The molecule has 1 amide bonds. The van der Waals surface area contributed by atoms with Gasteiger partial charge in [-0.15, -0.1) is 0 Å². The molecule has 4 unspecified atom stereocenters. The van der Waals surface area contributed by atoms with Gasteiger partial charge in [0.2, 0.25) is 5.91 Å². The molecule has 0 saturated heterocycles. The Balaban J connectivity index is 4.18. The van der Waals surface area contributed by atoms with Crippen LogP contribution in [0.3, 0.4) is 0 Å². The fourth-order valence-electron chi connectivity index (χ4n) is 7.42. The largest absolute Gasteiger partial charge is 0.472 e. The summed E-state index contributed by atoms with van der Waals surface area (Å²) in [7, 11) is -4.37. The van der Waals surface area contributed by atoms with Crippen molar-refractivity contribution in [1.29, 1.82) is 0 Å². The molecule has 0 aromatic rings. The van der Waals surface area contributed by atoms with E-state index >= 15 is 0 Å². The van der Waals surface area contributed by atoms with Gasteiger partial charge in [0.05, 0.1) is 37.9 Å². The van der Waals surface area contributed by atoms with Crippen molar-refractivity contribution in [3.05, 3.63) is 0 Å². The zero-order chi connectivity index (χ0) is 40.5. The van der Waals surface area contributed by atoms with Crippen LogP contribution in [0.2, 0.25) is 0 Å². The zero-order valence-electron chi connectivity index (χ0n) is 36.3. The standard InChI is InChI=1S/C45H93N2O7P/c1-3-5-7-9-11-13-15-17-19-20-21-23-25-27-29-31-33-35-37-44(49)43(41-54-55(51,52)53-39-38-46)47-45(50)40-42(48)36-34-32-30-28-26-24-22-18-16-14-12-10-8-6-4-2/h42-44,48-49H,3-41,46H2,1-2H3,(H,47,50)(H,51,52). The van der Waals surface area contributed by atoms with Gasteiger partial charge in [0.15, 0.2) is 0 Å². The van der Waals surface area contributed by atoms with Crippen LogP contribution >= 0.6 is 7.82 Å². The molecule has 0 bridgehead atoms. The maximum atomic E-state index is 12.9. The number of carbonyl (C=O) groups excluding carboxylic acids is 1. The number of nitrogens with one attached hydrogen (secondary N) is 1. The molecule has 4 atom stereocenters. The molecule has 0 heterocycles. The van der Waals surface area contributed by atoms with Crippen LogP contribution in [0.25, 0.3) is 0 Å². The summed E-state index contributed by atoms with van der Waals surface area (Å²) in [6.45, 7) is 4.08. The van der Waals surface area contributed by atoms with Crippen molar-refractivity contribution in [3.63, 3.8) is 0 Å². The first kappa shape index (κ1) is 54.5. The molecule has 330 valence electrons. The van der Waals surface area contributed by atoms with E-state index in [0.29, 0.717) is 12.8 Å². The minimum Gasteiger partial charge on any atom is -0.393 e. The molecule has 0 aromatic carbocycles. The quantitative estimate of drug-likeness (QED) is 0.0301. The van der Waals surface area contributed by atoms with Gasteiger partial charge in [-0.1, -0.05) is 226 Å². The number of nitrogens with two attached hydrogens (primary N) is 1. The first-order chi connectivity index (χ1) is 26.8. The van der Waals surface area contributed by atoms with Crippen LogP contribution in [0, 0.1) is 0 Å². The van der Waals surface area contributed by atoms with Crippen molar-refractivity contribution in [2.75, 3.05) is 19.8 Å². The number of hydrogen-bond donors (Lipinski definition) is 5. The molecule has 55 heavy (non-hydrogen) atoms. The van der Waals surface area contributed by atoms with Gasteiger partial charge in [0, 0.05) is 6.54 Å². The highest BCUT2D eigenvalue weighted by Gasteiger charge is 2.28. The Kier molecular flexibility index (Phi) is 41.2. The maximum Gasteiger partial charge on any atom is 0.472 e. The first-order valence-electron chi connectivity index (χ1n) is 23.7. The Hall–Kier alpha value is -0.540. The number of phosphoric acid groups is 1. The summed E-state index contributed by atoms with van der Waals surface area (Å²) < 4.78 is 22.2. The third-order valence-electron chi connectivity index (χ3n) is 11.0. The molecule has 0 fully saturated rings. The summed E-state index contributed by atoms with van der Waals surface area (Å²) >= 11 is 0. The highest BCUT2D eigenvalue weighted by molar-refractivity contribution is 7.47. The van der Waals surface area contributed by atoms with Gasteiger partial charge < -0.3 is 26.2 Å². The van der Waals surface area contributed by atoms with Crippen molar-refractivity contribution in [2.45, 2.75) is 263 Å². The molecular weight excluding hydrogens is 711 g/mol. The van der Waals surface area contributed by atoms with E-state index in [2.05, 4.69) is 19.2 Å². The Labute approximate surface area is 340 Å². The normalized spacial score (nSPS) is 14.5. The van der Waals surface area contributed by atoms with Gasteiger partial charge in [-0.25, -0.2) is 4.57 Å². The summed E-state index contributed by atoms with van der Waals surface area (Å²) in [4.78, 5) is 22.8. The van der Waals surface area contributed by atoms with E-state index in [-0.39, 0.29) is 26.2 Å². The number of unbranched alkanes of at least 4 members (excludes halogenated alkanes) is 31. The Morgan fingerprint density at radius 1 is 0.545 bits per heavy atom. The van der Waals surface area contributed by atoms with Gasteiger partial charge in [-0.2, -0.15) is 0 Å². The first-order valence-corrected chi connectivity index (χ1v) is 25.2. The molecule has 0 aliphatic rings. The molecule has 6 N–H and O–H groups in total. The number of amides is 1. The topological polar surface area (TPSA) is 151 Å². The summed E-state index contributed by atoms with van der Waals surface area (Å²) in [5.74, 6) is -0.408. The second-order valence-electron chi connectivity index (χ2n) is 16.5. The van der Waals surface area contributed by atoms with Crippen LogP contribution in [0.15, 0.2) is 0 Å². The third kappa shape index (κ3) is 40.0. The van der Waals surface area contributed by atoms with E-state index in [1.807, 2.05) is 0 Å². The zero-order valence-corrected chi connectivity index (χ0v) is 37.2. The molecule has 0 spiro atoms. The lowest BCUT2D eigenvalue weighted by molar-refractivity contribution is -0.125. The number of aliphatic hydroxyl groups excluding tert-OH is 2. The van der Waals surface area contributed by atoms with E-state index in [4.69, 9.17) is 14.8 Å². The Morgan fingerprint density at radius 2 is 0.873 bits per heavy atom. The van der Waals surface area contributed by atoms with Gasteiger partial charge in [-0.05, 0) is 12.8 Å². The molecule has 0 aromatic heterocycles. The fraction of sp³-hybridized carbons (Fsp3) is 0.978. The van der Waals surface area contributed by atoms with E-state index < -0.39 is 32.0 Å². The fourth-order valence-corrected chi connectivity index (χ4v) is 8.18. The second-order valence-corrected chi connectivity index (χ2v) is 18.0. The number of phosphoric ester groups is 1. The predicted octanol–water partition coefficient (Wildman–Crippen LogP) is 12.4. The second kappa shape index (κ2) is 41.6. The molecule has 0 aliphatic carbocycles. The van der Waals surface area contributed by atoms with Crippen molar-refractivity contribution in [2.24, 2.45) is 5.73 Å². The number of carbonyl (C=O) groups is 1. The van der Waals surface area contributed by atoms with Crippen molar-refractivity contribution < 1.29 is 33.5 Å². The molecule has 0 radical (unpaired) electrons. The average molecular weight is 805 g/mol. The van der Waals surface area contributed by atoms with Crippen molar-refractivity contribution >= 4 is 13.7 Å². The number of hydrogen-bond acceptors (Lipinski definition) is 7. The van der Waals surface area contributed by atoms with Crippen LogP contribution in [0.1, 0.15) is 245 Å². The molecule has 9 nitrogen and oxygen atoms in total. The monoisotopic (exact) mass is 805 g/mol. The molecule has 0 rings (SSSR count). The van der Waals surface area contributed by atoms with Crippen LogP contribution in [-0.2, 0) is 18.4 Å². The van der Waals surface area contributed by atoms with Crippen LogP contribution in [0.4, 0.5) is 0 Å². The van der Waals surface area contributed by atoms with Crippen LogP contribution in [-0.4, -0.2) is 59.0 Å². The van der Waals surface area contributed by atoms with Gasteiger partial charge in [-0.3, -0.25) is 13.8 Å². The highest BCUT2D eigenvalue weighted by atomic mass is 31.2. The lowest BCUT2D eigenvalue weighted by Gasteiger charge is -2.25. The van der Waals surface area contributed by atoms with Crippen molar-refractivity contribution in [3.8, 4) is 0 Å². The van der Waals surface area contributed by atoms with E-state index in [0.717, 1.165) is 38.5 Å². The summed E-state index contributed by atoms with van der Waals surface area (Å²) in [5, 5.41) is 24.2. The third-order valence-corrected chi connectivity index (χ3v) is 12.0. The summed E-state index contributed by atoms with van der Waals surface area (Å²) in [5.41, 5.74) is 5.38. The molecule has 0 aliphatic heterocycles. The average Bonchev–Trinajstić information content (AvgIpc) is 3.16. The van der Waals surface area contributed by atoms with Crippen LogP contribution in [0.5, 0.6) is 0 Å². The molecule has 0 saturated carbocycles. The SMILES string of the molecule is CCCCCCCCCCCCCCCCCCCCC(O)C(COP(=O)(O)OCCN)NC(=O)CC(O)CCCCCCCCCCCCCCCCC. The molecule has 10 heteroatoms. The van der Waals surface area contributed by atoms with Gasteiger partial charge >= 0.3 is 7.82 Å². The lowest BCUT2D eigenvalue weighted by atomic mass is 10.0. The predicted molar refractivity (Wildman–Crippen MR) is 232 cm³/mol. The molecular formula is C45H93N2O7P. The Bertz CT molecular complexity index is 852. The lowest BCUT2D eigenvalue weighted by Crippen LogP contribution is -2.47.